The summed E-state index contributed by atoms with van der Waals surface area (Å²) in [5, 5.41) is 0. The molecule has 0 aliphatic rings. The Morgan fingerprint density at radius 1 is 1.31 bits per heavy atom. The summed E-state index contributed by atoms with van der Waals surface area (Å²) < 4.78 is 35.3. The van der Waals surface area contributed by atoms with Crippen molar-refractivity contribution in [3.8, 4) is 0 Å². The second kappa shape index (κ2) is 5.35. The summed E-state index contributed by atoms with van der Waals surface area (Å²) in [5.74, 6) is 0.516. The van der Waals surface area contributed by atoms with Crippen LogP contribution >= 0.6 is 23.4 Å². The summed E-state index contributed by atoms with van der Waals surface area (Å²) in [4.78, 5) is 0. The van der Waals surface area contributed by atoms with Crippen molar-refractivity contribution in [1.82, 2.24) is 0 Å². The molecule has 0 aliphatic heterocycles. The van der Waals surface area contributed by atoms with Crippen LogP contribution in [0.4, 0.5) is 13.2 Å². The fourth-order valence-corrected chi connectivity index (χ4v) is 1.90. The summed E-state index contributed by atoms with van der Waals surface area (Å²) in [6.45, 7) is 3.86. The van der Waals surface area contributed by atoms with E-state index in [0.29, 0.717) is 12.3 Å². The molecule has 0 aromatic carbocycles. The highest BCUT2D eigenvalue weighted by Gasteiger charge is 2.29. The van der Waals surface area contributed by atoms with Gasteiger partial charge in [-0.2, -0.15) is 13.2 Å². The lowest BCUT2D eigenvalue weighted by Crippen LogP contribution is -2.19. The molecular weight excluding hydrogens is 221 g/mol. The third kappa shape index (κ3) is 6.49. The van der Waals surface area contributed by atoms with Gasteiger partial charge in [-0.15, -0.1) is 11.6 Å². The van der Waals surface area contributed by atoms with E-state index in [1.807, 2.05) is 13.8 Å². The van der Waals surface area contributed by atoms with E-state index in [2.05, 4.69) is 0 Å². The molecule has 80 valence electrons. The molecule has 5 heteroatoms. The van der Waals surface area contributed by atoms with Gasteiger partial charge in [0.1, 0.15) is 0 Å². The van der Waals surface area contributed by atoms with Crippen LogP contribution in [0.5, 0.6) is 0 Å². The van der Waals surface area contributed by atoms with E-state index < -0.39 is 5.51 Å². The summed E-state index contributed by atoms with van der Waals surface area (Å²) in [5.41, 5.74) is -4.26. The second-order valence-electron chi connectivity index (χ2n) is 3.34. The third-order valence-corrected chi connectivity index (χ3v) is 3.53. The molecule has 0 fully saturated rings. The van der Waals surface area contributed by atoms with Gasteiger partial charge < -0.3 is 0 Å². The zero-order chi connectivity index (χ0) is 10.5. The average Bonchev–Trinajstić information content (AvgIpc) is 2.02. The van der Waals surface area contributed by atoms with Gasteiger partial charge >= 0.3 is 5.51 Å². The lowest BCUT2D eigenvalue weighted by molar-refractivity contribution is -0.0328. The fraction of sp³-hybridized carbons (Fsp3) is 1.00. The van der Waals surface area contributed by atoms with E-state index >= 15 is 0 Å². The first-order chi connectivity index (χ1) is 5.83. The fourth-order valence-electron chi connectivity index (χ4n) is 0.751. The first-order valence-electron chi connectivity index (χ1n) is 4.09. The Morgan fingerprint density at radius 3 is 2.15 bits per heavy atom. The predicted molar refractivity (Wildman–Crippen MR) is 52.2 cm³/mol. The lowest BCUT2D eigenvalue weighted by Gasteiger charge is -2.25. The number of halogens is 4. The standard InChI is InChI=1S/C8H14ClF3S/c1-3-7(2,6-9)4-5-13-8(10,11)12/h3-6H2,1-2H3. The van der Waals surface area contributed by atoms with Gasteiger partial charge in [0.2, 0.25) is 0 Å². The van der Waals surface area contributed by atoms with Crippen LogP contribution in [-0.2, 0) is 0 Å². The molecule has 0 nitrogen and oxygen atoms in total. The normalized spacial score (nSPS) is 17.1. The summed E-state index contributed by atoms with van der Waals surface area (Å²) >= 11 is 5.70. The highest BCUT2D eigenvalue weighted by atomic mass is 35.5. The van der Waals surface area contributed by atoms with E-state index in [1.54, 1.807) is 0 Å². The molecule has 0 heterocycles. The van der Waals surface area contributed by atoms with Gasteiger partial charge in [-0.05, 0) is 18.3 Å². The molecule has 1 unspecified atom stereocenters. The van der Waals surface area contributed by atoms with Crippen molar-refractivity contribution < 1.29 is 13.2 Å². The monoisotopic (exact) mass is 234 g/mol. The Morgan fingerprint density at radius 2 is 1.85 bits per heavy atom. The average molecular weight is 235 g/mol. The van der Waals surface area contributed by atoms with Crippen LogP contribution in [-0.4, -0.2) is 17.1 Å². The smallest absolute Gasteiger partial charge is 0.160 e. The van der Waals surface area contributed by atoms with Gasteiger partial charge in [0.25, 0.3) is 0 Å². The van der Waals surface area contributed by atoms with Gasteiger partial charge in [0.15, 0.2) is 0 Å². The van der Waals surface area contributed by atoms with Gasteiger partial charge in [-0.3, -0.25) is 0 Å². The molecule has 0 aliphatic carbocycles. The highest BCUT2D eigenvalue weighted by Crippen LogP contribution is 2.35. The Kier molecular flexibility index (Phi) is 5.52. The third-order valence-electron chi connectivity index (χ3n) is 2.15. The van der Waals surface area contributed by atoms with Crippen LogP contribution < -0.4 is 0 Å². The molecule has 0 rings (SSSR count). The van der Waals surface area contributed by atoms with Crippen LogP contribution in [0.25, 0.3) is 0 Å². The molecule has 0 saturated heterocycles. The summed E-state index contributed by atoms with van der Waals surface area (Å²) in [6, 6.07) is 0. The number of alkyl halides is 4. The maximum absolute atomic E-state index is 11.8. The van der Waals surface area contributed by atoms with Crippen molar-refractivity contribution in [3.05, 3.63) is 0 Å². The zero-order valence-electron chi connectivity index (χ0n) is 7.75. The maximum atomic E-state index is 11.8. The minimum absolute atomic E-state index is 0.0325. The van der Waals surface area contributed by atoms with Crippen LogP contribution in [0.3, 0.4) is 0 Å². The van der Waals surface area contributed by atoms with Crippen LogP contribution in [0.1, 0.15) is 26.7 Å². The molecule has 0 N–H and O–H groups in total. The summed E-state index contributed by atoms with van der Waals surface area (Å²) in [7, 11) is 0. The Balaban J connectivity index is 3.74. The maximum Gasteiger partial charge on any atom is 0.441 e. The molecule has 0 spiro atoms. The molecule has 0 aromatic rings. The number of rotatable bonds is 5. The predicted octanol–water partition coefficient (Wildman–Crippen LogP) is 4.28. The number of hydrogen-bond acceptors (Lipinski definition) is 1. The molecule has 13 heavy (non-hydrogen) atoms. The van der Waals surface area contributed by atoms with Crippen LogP contribution in [0, 0.1) is 5.41 Å². The van der Waals surface area contributed by atoms with E-state index in [-0.39, 0.29) is 22.9 Å². The van der Waals surface area contributed by atoms with Gasteiger partial charge in [-0.1, -0.05) is 25.6 Å². The van der Waals surface area contributed by atoms with Crippen molar-refractivity contribution in [1.29, 1.82) is 0 Å². The minimum atomic E-state index is -4.11. The largest absolute Gasteiger partial charge is 0.441 e. The highest BCUT2D eigenvalue weighted by molar-refractivity contribution is 8.00. The van der Waals surface area contributed by atoms with Gasteiger partial charge in [-0.25, -0.2) is 0 Å². The van der Waals surface area contributed by atoms with Gasteiger partial charge in [0, 0.05) is 11.6 Å². The molecule has 0 aromatic heterocycles. The molecular formula is C8H14ClF3S. The Hall–Kier alpha value is 0.430. The quantitative estimate of drug-likeness (QED) is 0.640. The molecule has 0 amide bonds. The second-order valence-corrected chi connectivity index (χ2v) is 4.77. The van der Waals surface area contributed by atoms with Crippen LogP contribution in [0.15, 0.2) is 0 Å². The van der Waals surface area contributed by atoms with Crippen molar-refractivity contribution in [2.45, 2.75) is 32.2 Å². The molecule has 0 saturated carbocycles. The first-order valence-corrected chi connectivity index (χ1v) is 5.61. The van der Waals surface area contributed by atoms with E-state index in [9.17, 15) is 13.2 Å². The Labute approximate surface area is 86.2 Å². The zero-order valence-corrected chi connectivity index (χ0v) is 9.32. The van der Waals surface area contributed by atoms with E-state index in [0.717, 1.165) is 6.42 Å². The minimum Gasteiger partial charge on any atom is -0.160 e. The first kappa shape index (κ1) is 13.4. The molecule has 1 atom stereocenters. The van der Waals surface area contributed by atoms with Crippen molar-refractivity contribution >= 4 is 23.4 Å². The molecule has 0 radical (unpaired) electrons. The van der Waals surface area contributed by atoms with Gasteiger partial charge in [0.05, 0.1) is 0 Å². The van der Waals surface area contributed by atoms with Crippen molar-refractivity contribution in [2.24, 2.45) is 5.41 Å². The number of hydrogen-bond donors (Lipinski definition) is 0. The topological polar surface area (TPSA) is 0 Å². The lowest BCUT2D eigenvalue weighted by atomic mass is 9.87. The van der Waals surface area contributed by atoms with Crippen molar-refractivity contribution in [3.63, 3.8) is 0 Å². The summed E-state index contributed by atoms with van der Waals surface area (Å²) in [6.07, 6.45) is 1.33. The number of thioether (sulfide) groups is 1. The van der Waals surface area contributed by atoms with Crippen LogP contribution in [0.2, 0.25) is 0 Å². The SMILES string of the molecule is CCC(C)(CCl)CCSC(F)(F)F. The van der Waals surface area contributed by atoms with E-state index in [1.165, 1.54) is 0 Å². The van der Waals surface area contributed by atoms with Crippen molar-refractivity contribution in [2.75, 3.05) is 11.6 Å². The van der Waals surface area contributed by atoms with E-state index in [4.69, 9.17) is 11.6 Å². The Bertz CT molecular complexity index is 143. The molecule has 0 bridgehead atoms.